The molecule has 1 fully saturated rings. The molecule has 0 saturated carbocycles. The summed E-state index contributed by atoms with van der Waals surface area (Å²) in [5.41, 5.74) is -0.0812. The summed E-state index contributed by atoms with van der Waals surface area (Å²) in [6.07, 6.45) is -0.375. The van der Waals surface area contributed by atoms with E-state index in [4.69, 9.17) is 28.4 Å². The summed E-state index contributed by atoms with van der Waals surface area (Å²) < 4.78 is 33.0. The monoisotopic (exact) mass is 371 g/mol. The molecular formula is C17H25NO8. The second-order valence-corrected chi connectivity index (χ2v) is 5.44. The minimum atomic E-state index is -0.476. The molecule has 0 aromatic heterocycles. The van der Waals surface area contributed by atoms with Gasteiger partial charge in [0.2, 0.25) is 0 Å². The van der Waals surface area contributed by atoms with Crippen molar-refractivity contribution in [3.05, 3.63) is 34.4 Å². The number of nitro benzene ring substituents is 1. The lowest BCUT2D eigenvalue weighted by Crippen LogP contribution is -2.29. The van der Waals surface area contributed by atoms with Crippen molar-refractivity contribution in [2.45, 2.75) is 6.10 Å². The van der Waals surface area contributed by atoms with E-state index in [2.05, 4.69) is 0 Å². The third-order valence-corrected chi connectivity index (χ3v) is 3.49. The van der Waals surface area contributed by atoms with Gasteiger partial charge in [-0.25, -0.2) is 0 Å². The molecule has 1 aromatic carbocycles. The highest BCUT2D eigenvalue weighted by atomic mass is 16.6. The lowest BCUT2D eigenvalue weighted by molar-refractivity contribution is -0.386. The molecule has 1 aliphatic rings. The van der Waals surface area contributed by atoms with Gasteiger partial charge in [-0.3, -0.25) is 10.1 Å². The molecule has 2 rings (SSSR count). The van der Waals surface area contributed by atoms with Crippen LogP contribution in [0.1, 0.15) is 0 Å². The topological polar surface area (TPSA) is 98.5 Å². The quantitative estimate of drug-likeness (QED) is 0.579. The van der Waals surface area contributed by atoms with Gasteiger partial charge < -0.3 is 28.4 Å². The van der Waals surface area contributed by atoms with E-state index in [1.807, 2.05) is 0 Å². The summed E-state index contributed by atoms with van der Waals surface area (Å²) in [6, 6.07) is 6.23. The standard InChI is InChI=1S/C17H25NO8/c19-18(20)16-3-1-2-4-17(16)26-14-15-13-24-10-9-22-6-5-21-7-8-23-11-12-25-15/h1-4,15H,5-14H2. The Morgan fingerprint density at radius 3 is 2.15 bits per heavy atom. The zero-order valence-electron chi connectivity index (χ0n) is 14.7. The van der Waals surface area contributed by atoms with Crippen LogP contribution in [0.25, 0.3) is 0 Å². The Labute approximate surface area is 152 Å². The molecule has 1 aliphatic heterocycles. The van der Waals surface area contributed by atoms with Crippen LogP contribution in [0.15, 0.2) is 24.3 Å². The molecule has 1 saturated heterocycles. The summed E-state index contributed by atoms with van der Waals surface area (Å²) in [6.45, 7) is 4.10. The molecule has 0 radical (unpaired) electrons. The second-order valence-electron chi connectivity index (χ2n) is 5.44. The molecule has 1 heterocycles. The van der Waals surface area contributed by atoms with Gasteiger partial charge in [-0.2, -0.15) is 0 Å². The number of benzene rings is 1. The van der Waals surface area contributed by atoms with E-state index in [9.17, 15) is 10.1 Å². The van der Waals surface area contributed by atoms with E-state index in [1.54, 1.807) is 18.2 Å². The Morgan fingerprint density at radius 1 is 0.923 bits per heavy atom. The molecule has 1 aromatic rings. The van der Waals surface area contributed by atoms with Gasteiger partial charge in [-0.1, -0.05) is 12.1 Å². The first-order valence-corrected chi connectivity index (χ1v) is 8.56. The van der Waals surface area contributed by atoms with Crippen LogP contribution < -0.4 is 4.74 Å². The maximum Gasteiger partial charge on any atom is 0.310 e. The molecule has 0 bridgehead atoms. The van der Waals surface area contributed by atoms with E-state index >= 15 is 0 Å². The Kier molecular flexibility index (Phi) is 9.91. The van der Waals surface area contributed by atoms with E-state index in [-0.39, 0.29) is 24.1 Å². The fraction of sp³-hybridized carbons (Fsp3) is 0.647. The normalized spacial score (nSPS) is 21.3. The third-order valence-electron chi connectivity index (χ3n) is 3.49. The van der Waals surface area contributed by atoms with Gasteiger partial charge in [0, 0.05) is 6.07 Å². The summed E-state index contributed by atoms with van der Waals surface area (Å²) >= 11 is 0. The molecular weight excluding hydrogens is 346 g/mol. The highest BCUT2D eigenvalue weighted by Gasteiger charge is 2.17. The highest BCUT2D eigenvalue weighted by Crippen LogP contribution is 2.25. The van der Waals surface area contributed by atoms with E-state index < -0.39 is 4.92 Å². The van der Waals surface area contributed by atoms with Crippen molar-refractivity contribution in [1.82, 2.24) is 0 Å². The van der Waals surface area contributed by atoms with Gasteiger partial charge in [0.05, 0.1) is 64.4 Å². The summed E-state index contributed by atoms with van der Waals surface area (Å²) in [5.74, 6) is 0.203. The van der Waals surface area contributed by atoms with Gasteiger partial charge in [-0.05, 0) is 6.07 Å². The fourth-order valence-electron chi connectivity index (χ4n) is 2.21. The van der Waals surface area contributed by atoms with Crippen LogP contribution in [0, 0.1) is 10.1 Å². The second kappa shape index (κ2) is 12.6. The molecule has 1 atom stereocenters. The van der Waals surface area contributed by atoms with Crippen LogP contribution in [-0.2, 0) is 23.7 Å². The maximum atomic E-state index is 11.0. The molecule has 0 aliphatic carbocycles. The molecule has 0 spiro atoms. The van der Waals surface area contributed by atoms with Crippen molar-refractivity contribution in [2.24, 2.45) is 0 Å². The van der Waals surface area contributed by atoms with Crippen molar-refractivity contribution in [2.75, 3.05) is 66.1 Å². The van der Waals surface area contributed by atoms with Crippen LogP contribution >= 0.6 is 0 Å². The van der Waals surface area contributed by atoms with Crippen LogP contribution in [-0.4, -0.2) is 77.1 Å². The third kappa shape index (κ3) is 8.07. The summed E-state index contributed by atoms with van der Waals surface area (Å²) in [5, 5.41) is 11.0. The molecule has 9 heteroatoms. The Hall–Kier alpha value is -1.78. The first kappa shape index (κ1) is 20.5. The van der Waals surface area contributed by atoms with E-state index in [0.717, 1.165) is 0 Å². The molecule has 26 heavy (non-hydrogen) atoms. The maximum absolute atomic E-state index is 11.0. The lowest BCUT2D eigenvalue weighted by atomic mass is 10.3. The highest BCUT2D eigenvalue weighted by molar-refractivity contribution is 5.45. The Morgan fingerprint density at radius 2 is 1.50 bits per heavy atom. The Balaban J connectivity index is 1.84. The molecule has 146 valence electrons. The number of rotatable bonds is 4. The number of hydrogen-bond donors (Lipinski definition) is 0. The SMILES string of the molecule is O=[N+]([O-])c1ccccc1OCC1COCCOCCOCCOCCO1. The van der Waals surface area contributed by atoms with Crippen molar-refractivity contribution < 1.29 is 33.3 Å². The van der Waals surface area contributed by atoms with Gasteiger partial charge in [-0.15, -0.1) is 0 Å². The number of ether oxygens (including phenoxy) is 6. The van der Waals surface area contributed by atoms with Crippen molar-refractivity contribution in [1.29, 1.82) is 0 Å². The molecule has 0 amide bonds. The average Bonchev–Trinajstić information content (AvgIpc) is 2.66. The van der Waals surface area contributed by atoms with Crippen LogP contribution in [0.5, 0.6) is 5.75 Å². The number of nitrogens with zero attached hydrogens (tertiary/aromatic N) is 1. The van der Waals surface area contributed by atoms with Gasteiger partial charge in [0.1, 0.15) is 12.7 Å². The molecule has 0 N–H and O–H groups in total. The smallest absolute Gasteiger partial charge is 0.310 e. The van der Waals surface area contributed by atoms with E-state index in [1.165, 1.54) is 6.07 Å². The average molecular weight is 371 g/mol. The minimum absolute atomic E-state index is 0.0812. The van der Waals surface area contributed by atoms with Gasteiger partial charge in [0.25, 0.3) is 0 Å². The molecule has 1 unspecified atom stereocenters. The predicted molar refractivity (Wildman–Crippen MR) is 91.6 cm³/mol. The van der Waals surface area contributed by atoms with Crippen molar-refractivity contribution in [3.63, 3.8) is 0 Å². The lowest BCUT2D eigenvalue weighted by Gasteiger charge is -2.18. The number of para-hydroxylation sites is 2. The largest absolute Gasteiger partial charge is 0.484 e. The Bertz CT molecular complexity index is 511. The molecule has 9 nitrogen and oxygen atoms in total. The zero-order chi connectivity index (χ0) is 18.5. The van der Waals surface area contributed by atoms with Gasteiger partial charge >= 0.3 is 5.69 Å². The van der Waals surface area contributed by atoms with Crippen LogP contribution in [0.3, 0.4) is 0 Å². The summed E-state index contributed by atoms with van der Waals surface area (Å²) in [7, 11) is 0. The van der Waals surface area contributed by atoms with Crippen molar-refractivity contribution in [3.8, 4) is 5.75 Å². The predicted octanol–water partition coefficient (Wildman–Crippen LogP) is 1.44. The number of nitro groups is 1. The van der Waals surface area contributed by atoms with Gasteiger partial charge in [0.15, 0.2) is 5.75 Å². The minimum Gasteiger partial charge on any atom is -0.484 e. The first-order valence-electron chi connectivity index (χ1n) is 8.56. The zero-order valence-corrected chi connectivity index (χ0v) is 14.7. The fourth-order valence-corrected chi connectivity index (χ4v) is 2.21. The van der Waals surface area contributed by atoms with Crippen LogP contribution in [0.2, 0.25) is 0 Å². The summed E-state index contributed by atoms with van der Waals surface area (Å²) in [4.78, 5) is 10.6. The first-order chi connectivity index (χ1) is 12.8. The number of hydrogen-bond acceptors (Lipinski definition) is 8. The van der Waals surface area contributed by atoms with E-state index in [0.29, 0.717) is 59.5 Å². The van der Waals surface area contributed by atoms with Crippen LogP contribution in [0.4, 0.5) is 5.69 Å². The van der Waals surface area contributed by atoms with Crippen molar-refractivity contribution >= 4 is 5.69 Å².